The Bertz CT molecular complexity index is 1050. The predicted molar refractivity (Wildman–Crippen MR) is 120 cm³/mol. The maximum Gasteiger partial charge on any atom is 0.165 e. The van der Waals surface area contributed by atoms with Crippen LogP contribution in [0.3, 0.4) is 0 Å². The van der Waals surface area contributed by atoms with Crippen molar-refractivity contribution in [3.05, 3.63) is 106 Å². The summed E-state index contributed by atoms with van der Waals surface area (Å²) in [5.74, 6) is -2.69. The number of allylic oxidation sites excluding steroid dienone is 2. The second-order valence-electron chi connectivity index (χ2n) is 8.46. The summed E-state index contributed by atoms with van der Waals surface area (Å²) < 4.78 is 50.1. The molecule has 0 fully saturated rings. The van der Waals surface area contributed by atoms with E-state index in [4.69, 9.17) is 16.3 Å². The number of ether oxygens (including phenoxy) is 1. The van der Waals surface area contributed by atoms with Gasteiger partial charge in [0.05, 0.1) is 0 Å². The minimum absolute atomic E-state index is 0.0398. The smallest absolute Gasteiger partial charge is 0.165 e. The van der Waals surface area contributed by atoms with Crippen molar-refractivity contribution in [2.24, 2.45) is 5.41 Å². The third kappa shape index (κ3) is 5.92. The van der Waals surface area contributed by atoms with Crippen LogP contribution >= 0.6 is 11.6 Å². The highest BCUT2D eigenvalue weighted by molar-refractivity contribution is 6.30. The Morgan fingerprint density at radius 3 is 2.19 bits per heavy atom. The van der Waals surface area contributed by atoms with Gasteiger partial charge in [0.2, 0.25) is 0 Å². The fourth-order valence-electron chi connectivity index (χ4n) is 3.45. The van der Waals surface area contributed by atoms with Crippen LogP contribution in [0.2, 0.25) is 5.02 Å². The minimum Gasteiger partial charge on any atom is -0.454 e. The van der Waals surface area contributed by atoms with Gasteiger partial charge in [-0.25, -0.2) is 13.2 Å². The Labute approximate surface area is 186 Å². The third-order valence-corrected chi connectivity index (χ3v) is 5.16. The lowest BCUT2D eigenvalue weighted by Crippen LogP contribution is -2.20. The normalized spacial score (nSPS) is 13.5. The molecule has 0 heterocycles. The fourth-order valence-corrected chi connectivity index (χ4v) is 3.58. The first kappa shape index (κ1) is 23.0. The quantitative estimate of drug-likeness (QED) is 0.369. The van der Waals surface area contributed by atoms with E-state index in [0.29, 0.717) is 21.9 Å². The molecule has 3 aromatic rings. The molecule has 0 saturated heterocycles. The summed E-state index contributed by atoms with van der Waals surface area (Å²) in [7, 11) is 0. The number of benzene rings is 3. The second-order valence-corrected chi connectivity index (χ2v) is 8.90. The van der Waals surface area contributed by atoms with Crippen LogP contribution in [0, 0.1) is 11.2 Å². The summed E-state index contributed by atoms with van der Waals surface area (Å²) in [5, 5.41) is 0.526. The summed E-state index contributed by atoms with van der Waals surface area (Å²) in [4.78, 5) is 0. The molecule has 0 spiro atoms. The van der Waals surface area contributed by atoms with Crippen LogP contribution in [0.4, 0.5) is 13.2 Å². The van der Waals surface area contributed by atoms with Crippen LogP contribution in [0.5, 0.6) is 11.5 Å². The summed E-state index contributed by atoms with van der Waals surface area (Å²) in [6.07, 6.45) is -0.308. The van der Waals surface area contributed by atoms with Gasteiger partial charge in [0.1, 0.15) is 17.4 Å². The molecule has 1 unspecified atom stereocenters. The molecule has 0 bridgehead atoms. The largest absolute Gasteiger partial charge is 0.454 e. The summed E-state index contributed by atoms with van der Waals surface area (Å²) in [5.41, 5.74) is 0.472. The lowest BCUT2D eigenvalue weighted by molar-refractivity contribution is 0.302. The molecule has 3 rings (SSSR count). The summed E-state index contributed by atoms with van der Waals surface area (Å²) in [6, 6.07) is 19.5. The molecule has 3 aromatic carbocycles. The molecule has 0 N–H and O–H groups in total. The zero-order chi connectivity index (χ0) is 22.6. The number of hydrogen-bond donors (Lipinski definition) is 0. The van der Waals surface area contributed by atoms with Crippen molar-refractivity contribution in [1.29, 1.82) is 0 Å². The van der Waals surface area contributed by atoms with E-state index in [9.17, 15) is 4.39 Å². The molecular formula is C26H24ClF3O. The monoisotopic (exact) mass is 444 g/mol. The summed E-state index contributed by atoms with van der Waals surface area (Å²) >= 11 is 5.94. The van der Waals surface area contributed by atoms with Crippen LogP contribution in [0.25, 0.3) is 0 Å². The van der Waals surface area contributed by atoms with Crippen molar-refractivity contribution < 1.29 is 17.9 Å². The van der Waals surface area contributed by atoms with Gasteiger partial charge in [-0.2, -0.15) is 0 Å². The van der Waals surface area contributed by atoms with E-state index in [1.54, 1.807) is 48.5 Å². The second kappa shape index (κ2) is 9.61. The van der Waals surface area contributed by atoms with E-state index < -0.39 is 28.8 Å². The van der Waals surface area contributed by atoms with Crippen LogP contribution in [-0.4, -0.2) is 0 Å². The van der Waals surface area contributed by atoms with E-state index in [1.165, 1.54) is 18.2 Å². The van der Waals surface area contributed by atoms with Gasteiger partial charge in [0.25, 0.3) is 0 Å². The van der Waals surface area contributed by atoms with Crippen molar-refractivity contribution >= 4 is 11.6 Å². The Kier molecular flexibility index (Phi) is 7.11. The number of para-hydroxylation sites is 1. The van der Waals surface area contributed by atoms with Gasteiger partial charge in [-0.3, -0.25) is 0 Å². The molecule has 1 nitrogen and oxygen atoms in total. The lowest BCUT2D eigenvalue weighted by Gasteiger charge is -2.30. The first-order valence-electron chi connectivity index (χ1n) is 9.96. The average Bonchev–Trinajstić information content (AvgIpc) is 2.72. The number of halogens is 4. The van der Waals surface area contributed by atoms with Gasteiger partial charge in [0, 0.05) is 17.4 Å². The van der Waals surface area contributed by atoms with Gasteiger partial charge in [0.15, 0.2) is 11.6 Å². The van der Waals surface area contributed by atoms with E-state index in [1.807, 2.05) is 26.8 Å². The van der Waals surface area contributed by atoms with Gasteiger partial charge < -0.3 is 4.74 Å². The maximum absolute atomic E-state index is 15.3. The van der Waals surface area contributed by atoms with Crippen molar-refractivity contribution in [3.63, 3.8) is 0 Å². The van der Waals surface area contributed by atoms with E-state index in [0.717, 1.165) is 0 Å². The van der Waals surface area contributed by atoms with Gasteiger partial charge in [-0.15, -0.1) is 0 Å². The zero-order valence-electron chi connectivity index (χ0n) is 17.6. The van der Waals surface area contributed by atoms with Gasteiger partial charge in [-0.05, 0) is 52.9 Å². The molecule has 0 aliphatic rings. The molecule has 1 atom stereocenters. The van der Waals surface area contributed by atoms with Crippen molar-refractivity contribution in [2.45, 2.75) is 33.1 Å². The number of rotatable bonds is 6. The Morgan fingerprint density at radius 1 is 0.935 bits per heavy atom. The SMILES string of the molecule is CC(C)(C)C(C(F)=C(F)Cc1ccc(F)c(Oc2ccccc2)c1)c1ccc(Cl)cc1. The molecular weight excluding hydrogens is 421 g/mol. The highest BCUT2D eigenvalue weighted by Gasteiger charge is 2.32. The molecule has 31 heavy (non-hydrogen) atoms. The molecule has 0 radical (unpaired) electrons. The number of hydrogen-bond acceptors (Lipinski definition) is 1. The first-order chi connectivity index (χ1) is 14.6. The Morgan fingerprint density at radius 2 is 1.58 bits per heavy atom. The Hall–Kier alpha value is -2.72. The molecule has 0 aromatic heterocycles. The van der Waals surface area contributed by atoms with E-state index in [2.05, 4.69) is 0 Å². The van der Waals surface area contributed by atoms with Crippen LogP contribution < -0.4 is 4.74 Å². The van der Waals surface area contributed by atoms with Crippen molar-refractivity contribution in [2.75, 3.05) is 0 Å². The summed E-state index contributed by atoms with van der Waals surface area (Å²) in [6.45, 7) is 5.55. The minimum atomic E-state index is -0.896. The molecule has 0 amide bonds. The predicted octanol–water partition coefficient (Wildman–Crippen LogP) is 8.79. The molecule has 5 heteroatoms. The maximum atomic E-state index is 15.3. The standard InChI is InChI=1S/C26H24ClF3O/c1-26(2,3)24(18-10-12-19(27)13-11-18)25(30)22(29)15-17-9-14-21(28)23(16-17)31-20-7-5-4-6-8-20/h4-14,16,24H,15H2,1-3H3. The molecule has 162 valence electrons. The Balaban J connectivity index is 1.89. The van der Waals surface area contributed by atoms with Crippen molar-refractivity contribution in [3.8, 4) is 11.5 Å². The molecule has 0 saturated carbocycles. The zero-order valence-corrected chi connectivity index (χ0v) is 18.4. The van der Waals surface area contributed by atoms with Gasteiger partial charge >= 0.3 is 0 Å². The van der Waals surface area contributed by atoms with Gasteiger partial charge in [-0.1, -0.05) is 68.8 Å². The fraction of sp³-hybridized carbons (Fsp3) is 0.231. The van der Waals surface area contributed by atoms with Crippen LogP contribution in [-0.2, 0) is 6.42 Å². The molecule has 0 aliphatic heterocycles. The van der Waals surface area contributed by atoms with Crippen LogP contribution in [0.15, 0.2) is 84.5 Å². The lowest BCUT2D eigenvalue weighted by atomic mass is 9.75. The molecule has 0 aliphatic carbocycles. The highest BCUT2D eigenvalue weighted by atomic mass is 35.5. The van der Waals surface area contributed by atoms with E-state index in [-0.39, 0.29) is 12.2 Å². The third-order valence-electron chi connectivity index (χ3n) is 4.91. The average molecular weight is 445 g/mol. The van der Waals surface area contributed by atoms with Crippen molar-refractivity contribution in [1.82, 2.24) is 0 Å². The topological polar surface area (TPSA) is 9.23 Å². The van der Waals surface area contributed by atoms with E-state index >= 15 is 8.78 Å². The first-order valence-corrected chi connectivity index (χ1v) is 10.3. The highest BCUT2D eigenvalue weighted by Crippen LogP contribution is 2.43. The van der Waals surface area contributed by atoms with Crippen LogP contribution in [0.1, 0.15) is 37.8 Å².